The van der Waals surface area contributed by atoms with Gasteiger partial charge in [0.05, 0.1) is 20.6 Å². The molecule has 0 aliphatic heterocycles. The molecule has 0 radical (unpaired) electrons. The minimum absolute atomic E-state index is 0.0129. The summed E-state index contributed by atoms with van der Waals surface area (Å²) in [5.41, 5.74) is 0. The van der Waals surface area contributed by atoms with Crippen LogP contribution in [0, 0.1) is 0 Å². The molecule has 0 spiro atoms. The number of methoxy groups -OCH3 is 2. The van der Waals surface area contributed by atoms with E-state index in [0.717, 1.165) is 12.8 Å². The van der Waals surface area contributed by atoms with Crippen LogP contribution >= 0.6 is 0 Å². The molecule has 0 fully saturated rings. The summed E-state index contributed by atoms with van der Waals surface area (Å²) < 4.78 is 9.22. The molecular weight excluding hydrogens is 246 g/mol. The van der Waals surface area contributed by atoms with E-state index in [1.54, 1.807) is 0 Å². The molecule has 19 heavy (non-hydrogen) atoms. The lowest BCUT2D eigenvalue weighted by Crippen LogP contribution is -2.40. The van der Waals surface area contributed by atoms with Crippen molar-refractivity contribution in [1.29, 1.82) is 0 Å². The summed E-state index contributed by atoms with van der Waals surface area (Å²) in [7, 11) is 2.63. The van der Waals surface area contributed by atoms with Crippen LogP contribution < -0.4 is 5.32 Å². The van der Waals surface area contributed by atoms with Gasteiger partial charge in [0.1, 0.15) is 6.04 Å². The van der Waals surface area contributed by atoms with Crippen LogP contribution in [0.2, 0.25) is 0 Å². The number of unbranched alkanes of at least 4 members (excludes halogenated alkanes) is 5. The van der Waals surface area contributed by atoms with Crippen LogP contribution in [0.4, 0.5) is 0 Å². The Balaban J connectivity index is 3.80. The summed E-state index contributed by atoms with van der Waals surface area (Å²) in [6, 6.07) is -0.604. The maximum atomic E-state index is 11.5. The molecule has 0 aromatic rings. The topological polar surface area (TPSA) is 64.6 Å². The molecule has 0 aliphatic rings. The van der Waals surface area contributed by atoms with Crippen molar-refractivity contribution in [3.05, 3.63) is 0 Å². The first-order chi connectivity index (χ1) is 9.15. The fourth-order valence-electron chi connectivity index (χ4n) is 1.81. The molecule has 0 unspecified atom stereocenters. The summed E-state index contributed by atoms with van der Waals surface area (Å²) in [6.07, 6.45) is 7.15. The van der Waals surface area contributed by atoms with Gasteiger partial charge in [0.25, 0.3) is 0 Å². The molecule has 1 N–H and O–H groups in total. The van der Waals surface area contributed by atoms with Crippen LogP contribution in [0.1, 0.15) is 51.9 Å². The highest BCUT2D eigenvalue weighted by atomic mass is 16.5. The lowest BCUT2D eigenvalue weighted by molar-refractivity contribution is -0.149. The molecule has 1 atom stereocenters. The Hall–Kier alpha value is -1.10. The normalized spacial score (nSPS) is 11.9. The van der Waals surface area contributed by atoms with Gasteiger partial charge in [-0.15, -0.1) is 0 Å². The highest BCUT2D eigenvalue weighted by Crippen LogP contribution is 2.05. The van der Waals surface area contributed by atoms with E-state index in [2.05, 4.69) is 21.7 Å². The number of carbonyl (C=O) groups excluding carboxylic acids is 2. The predicted molar refractivity (Wildman–Crippen MR) is 73.8 cm³/mol. The molecule has 0 saturated heterocycles. The third kappa shape index (κ3) is 9.47. The fraction of sp³-hybridized carbons (Fsp3) is 0.857. The zero-order chi connectivity index (χ0) is 14.5. The van der Waals surface area contributed by atoms with Crippen molar-refractivity contribution in [2.24, 2.45) is 0 Å². The Morgan fingerprint density at radius 1 is 1.00 bits per heavy atom. The van der Waals surface area contributed by atoms with E-state index in [1.807, 2.05) is 0 Å². The first kappa shape index (κ1) is 17.9. The monoisotopic (exact) mass is 273 g/mol. The van der Waals surface area contributed by atoms with Crippen molar-refractivity contribution >= 4 is 11.9 Å². The lowest BCUT2D eigenvalue weighted by Gasteiger charge is -2.15. The smallest absolute Gasteiger partial charge is 0.323 e. The molecular formula is C14H27NO4. The predicted octanol–water partition coefficient (Wildman–Crippen LogP) is 2.04. The molecule has 0 rings (SSSR count). The summed E-state index contributed by atoms with van der Waals surface area (Å²) >= 11 is 0. The van der Waals surface area contributed by atoms with Crippen LogP contribution in [0.15, 0.2) is 0 Å². The fourth-order valence-corrected chi connectivity index (χ4v) is 1.81. The number of hydrogen-bond donors (Lipinski definition) is 1. The van der Waals surface area contributed by atoms with Gasteiger partial charge in [-0.1, -0.05) is 39.0 Å². The van der Waals surface area contributed by atoms with Crippen molar-refractivity contribution in [3.63, 3.8) is 0 Å². The maximum absolute atomic E-state index is 11.5. The Bertz CT molecular complexity index is 256. The molecule has 0 aliphatic carbocycles. The largest absolute Gasteiger partial charge is 0.469 e. The van der Waals surface area contributed by atoms with Crippen molar-refractivity contribution in [1.82, 2.24) is 5.32 Å². The highest BCUT2D eigenvalue weighted by Gasteiger charge is 2.22. The number of esters is 2. The van der Waals surface area contributed by atoms with Crippen LogP contribution in [-0.2, 0) is 19.1 Å². The van der Waals surface area contributed by atoms with Gasteiger partial charge in [-0.25, -0.2) is 0 Å². The Morgan fingerprint density at radius 3 is 2.21 bits per heavy atom. The molecule has 112 valence electrons. The standard InChI is InChI=1S/C14H27NO4/c1-4-5-6-7-8-9-10-15-12(14(17)19-3)11-13(16)18-2/h12,15H,4-11H2,1-3H3/t12-/m0/s1. The number of ether oxygens (including phenoxy) is 2. The van der Waals surface area contributed by atoms with Crippen LogP contribution in [0.5, 0.6) is 0 Å². The van der Waals surface area contributed by atoms with Gasteiger partial charge in [-0.3, -0.25) is 9.59 Å². The molecule has 5 heteroatoms. The average molecular weight is 273 g/mol. The van der Waals surface area contributed by atoms with Gasteiger partial charge in [0.2, 0.25) is 0 Å². The Labute approximate surface area is 116 Å². The first-order valence-corrected chi connectivity index (χ1v) is 7.03. The zero-order valence-electron chi connectivity index (χ0n) is 12.4. The first-order valence-electron chi connectivity index (χ1n) is 7.03. The van der Waals surface area contributed by atoms with E-state index in [0.29, 0.717) is 6.54 Å². The second kappa shape index (κ2) is 12.0. The quantitative estimate of drug-likeness (QED) is 0.461. The Morgan fingerprint density at radius 2 is 1.63 bits per heavy atom. The van der Waals surface area contributed by atoms with Gasteiger partial charge in [-0.2, -0.15) is 0 Å². The van der Waals surface area contributed by atoms with Gasteiger partial charge >= 0.3 is 11.9 Å². The van der Waals surface area contributed by atoms with Crippen LogP contribution in [0.3, 0.4) is 0 Å². The third-order valence-electron chi connectivity index (χ3n) is 3.01. The van der Waals surface area contributed by atoms with E-state index in [1.165, 1.54) is 39.9 Å². The third-order valence-corrected chi connectivity index (χ3v) is 3.01. The minimum Gasteiger partial charge on any atom is -0.469 e. The number of hydrogen-bond acceptors (Lipinski definition) is 5. The zero-order valence-corrected chi connectivity index (χ0v) is 12.4. The summed E-state index contributed by atoms with van der Waals surface area (Å²) in [6.45, 7) is 2.90. The number of carbonyl (C=O) groups is 2. The molecule has 0 heterocycles. The molecule has 0 aromatic heterocycles. The van der Waals surface area contributed by atoms with Crippen molar-refractivity contribution in [2.75, 3.05) is 20.8 Å². The minimum atomic E-state index is -0.604. The summed E-state index contributed by atoms with van der Waals surface area (Å²) in [5.74, 6) is -0.831. The van der Waals surface area contributed by atoms with E-state index in [9.17, 15) is 9.59 Å². The van der Waals surface area contributed by atoms with Crippen LogP contribution in [0.25, 0.3) is 0 Å². The van der Waals surface area contributed by atoms with E-state index in [-0.39, 0.29) is 6.42 Å². The second-order valence-electron chi connectivity index (χ2n) is 4.58. The molecule has 5 nitrogen and oxygen atoms in total. The molecule has 0 saturated carbocycles. The van der Waals surface area contributed by atoms with E-state index >= 15 is 0 Å². The number of rotatable bonds is 11. The van der Waals surface area contributed by atoms with Gasteiger partial charge in [0.15, 0.2) is 0 Å². The van der Waals surface area contributed by atoms with E-state index < -0.39 is 18.0 Å². The lowest BCUT2D eigenvalue weighted by atomic mass is 10.1. The van der Waals surface area contributed by atoms with Crippen molar-refractivity contribution < 1.29 is 19.1 Å². The van der Waals surface area contributed by atoms with Crippen molar-refractivity contribution in [3.8, 4) is 0 Å². The maximum Gasteiger partial charge on any atom is 0.323 e. The van der Waals surface area contributed by atoms with Crippen LogP contribution in [-0.4, -0.2) is 38.7 Å². The molecule has 0 amide bonds. The molecule has 0 bridgehead atoms. The van der Waals surface area contributed by atoms with Crippen molar-refractivity contribution in [2.45, 2.75) is 57.9 Å². The Kier molecular flexibility index (Phi) is 11.3. The average Bonchev–Trinajstić information content (AvgIpc) is 2.43. The van der Waals surface area contributed by atoms with Gasteiger partial charge < -0.3 is 14.8 Å². The second-order valence-corrected chi connectivity index (χ2v) is 4.58. The summed E-state index contributed by atoms with van der Waals surface area (Å²) in [5, 5.41) is 3.05. The van der Waals surface area contributed by atoms with Gasteiger partial charge in [-0.05, 0) is 13.0 Å². The summed E-state index contributed by atoms with van der Waals surface area (Å²) in [4.78, 5) is 22.7. The molecule has 0 aromatic carbocycles. The van der Waals surface area contributed by atoms with E-state index in [4.69, 9.17) is 0 Å². The SMILES string of the molecule is CCCCCCCCN[C@@H](CC(=O)OC)C(=O)OC. The van der Waals surface area contributed by atoms with Gasteiger partial charge in [0, 0.05) is 0 Å². The highest BCUT2D eigenvalue weighted by molar-refractivity contribution is 5.82. The number of nitrogens with one attached hydrogen (secondary N) is 1.